The minimum Gasteiger partial charge on any atom is -0.496 e. The number of hydrogen-bond donors (Lipinski definition) is 1. The van der Waals surface area contributed by atoms with Crippen LogP contribution in [-0.2, 0) is 9.53 Å². The lowest BCUT2D eigenvalue weighted by Gasteiger charge is -2.12. The van der Waals surface area contributed by atoms with E-state index >= 15 is 0 Å². The normalized spacial score (nSPS) is 10.0. The fraction of sp³-hybridized carbons (Fsp3) is 0.222. The van der Waals surface area contributed by atoms with Crippen LogP contribution in [0.25, 0.3) is 0 Å². The zero-order chi connectivity index (χ0) is 19.1. The van der Waals surface area contributed by atoms with Crippen molar-refractivity contribution in [2.75, 3.05) is 33.3 Å². The van der Waals surface area contributed by atoms with Crippen molar-refractivity contribution in [1.82, 2.24) is 0 Å². The molecule has 1 N–H and O–H groups in total. The quantitative estimate of drug-likeness (QED) is 0.744. The first-order valence-electron chi connectivity index (χ1n) is 7.51. The highest BCUT2D eigenvalue weighted by atomic mass is 35.5. The Morgan fingerprint density at radius 2 is 1.58 bits per heavy atom. The molecule has 0 bridgehead atoms. The molecule has 0 aliphatic heterocycles. The largest absolute Gasteiger partial charge is 0.496 e. The summed E-state index contributed by atoms with van der Waals surface area (Å²) in [5, 5.41) is 2.93. The summed E-state index contributed by atoms with van der Waals surface area (Å²) >= 11 is 6.00. The molecule has 0 aliphatic rings. The molecule has 2 aromatic carbocycles. The molecule has 138 valence electrons. The van der Waals surface area contributed by atoms with Crippen molar-refractivity contribution >= 4 is 29.2 Å². The molecule has 0 spiro atoms. The van der Waals surface area contributed by atoms with Gasteiger partial charge in [-0.1, -0.05) is 17.7 Å². The van der Waals surface area contributed by atoms with Gasteiger partial charge in [0, 0.05) is 5.69 Å². The van der Waals surface area contributed by atoms with E-state index in [9.17, 15) is 9.59 Å². The Bertz CT molecular complexity index is 786. The van der Waals surface area contributed by atoms with E-state index in [0.717, 1.165) is 0 Å². The van der Waals surface area contributed by atoms with Crippen LogP contribution in [-0.4, -0.2) is 39.8 Å². The van der Waals surface area contributed by atoms with Crippen molar-refractivity contribution < 1.29 is 28.5 Å². The van der Waals surface area contributed by atoms with Gasteiger partial charge in [-0.05, 0) is 30.3 Å². The van der Waals surface area contributed by atoms with Crippen molar-refractivity contribution in [2.24, 2.45) is 0 Å². The predicted octanol–water partition coefficient (Wildman–Crippen LogP) is 3.16. The smallest absolute Gasteiger partial charge is 0.346 e. The van der Waals surface area contributed by atoms with Crippen LogP contribution in [0.3, 0.4) is 0 Å². The lowest BCUT2D eigenvalue weighted by Crippen LogP contribution is -2.21. The highest BCUT2D eigenvalue weighted by Crippen LogP contribution is 2.29. The lowest BCUT2D eigenvalue weighted by atomic mass is 10.2. The molecule has 0 heterocycles. The van der Waals surface area contributed by atoms with Crippen molar-refractivity contribution in [3.05, 3.63) is 47.0 Å². The van der Waals surface area contributed by atoms with Crippen LogP contribution in [0, 0.1) is 0 Å². The van der Waals surface area contributed by atoms with Gasteiger partial charge in [-0.25, -0.2) is 4.79 Å². The molecule has 0 aliphatic carbocycles. The molecule has 0 atom stereocenters. The van der Waals surface area contributed by atoms with Crippen LogP contribution in [0.1, 0.15) is 10.4 Å². The van der Waals surface area contributed by atoms with Gasteiger partial charge in [-0.2, -0.15) is 0 Å². The zero-order valence-electron chi connectivity index (χ0n) is 14.5. The van der Waals surface area contributed by atoms with Crippen LogP contribution in [0.15, 0.2) is 36.4 Å². The van der Waals surface area contributed by atoms with E-state index in [0.29, 0.717) is 16.5 Å². The molecule has 0 aromatic heterocycles. The number of carbonyl (C=O) groups excluding carboxylic acids is 2. The Hall–Kier alpha value is -2.93. The Balaban J connectivity index is 2.01. The Labute approximate surface area is 155 Å². The van der Waals surface area contributed by atoms with E-state index in [-0.39, 0.29) is 17.1 Å². The van der Waals surface area contributed by atoms with E-state index in [1.165, 1.54) is 27.4 Å². The summed E-state index contributed by atoms with van der Waals surface area (Å²) in [4.78, 5) is 24.3. The second kappa shape index (κ2) is 8.96. The molecule has 2 rings (SSSR count). The van der Waals surface area contributed by atoms with Crippen LogP contribution >= 0.6 is 11.6 Å². The average Bonchev–Trinajstić information content (AvgIpc) is 2.65. The monoisotopic (exact) mass is 379 g/mol. The number of nitrogens with one attached hydrogen (secondary N) is 1. The van der Waals surface area contributed by atoms with Crippen LogP contribution in [0.4, 0.5) is 5.69 Å². The number of rotatable bonds is 7. The van der Waals surface area contributed by atoms with Gasteiger partial charge in [-0.15, -0.1) is 0 Å². The first kappa shape index (κ1) is 19.4. The average molecular weight is 380 g/mol. The first-order valence-corrected chi connectivity index (χ1v) is 7.89. The number of benzene rings is 2. The molecule has 0 saturated heterocycles. The molecule has 0 radical (unpaired) electrons. The number of hydrogen-bond acceptors (Lipinski definition) is 6. The summed E-state index contributed by atoms with van der Waals surface area (Å²) in [5.74, 6) is -0.191. The summed E-state index contributed by atoms with van der Waals surface area (Å²) in [6.45, 7) is -0.482. The molecule has 0 unspecified atom stereocenters. The predicted molar refractivity (Wildman–Crippen MR) is 96.5 cm³/mol. The molecule has 2 aromatic rings. The zero-order valence-corrected chi connectivity index (χ0v) is 15.3. The third kappa shape index (κ3) is 4.58. The second-order valence-corrected chi connectivity index (χ2v) is 5.42. The topological polar surface area (TPSA) is 83.1 Å². The van der Waals surface area contributed by atoms with Crippen molar-refractivity contribution in [3.63, 3.8) is 0 Å². The van der Waals surface area contributed by atoms with E-state index in [1.54, 1.807) is 30.3 Å². The minimum absolute atomic E-state index is 0.109. The number of halogens is 1. The number of esters is 1. The highest BCUT2D eigenvalue weighted by Gasteiger charge is 2.20. The van der Waals surface area contributed by atoms with Gasteiger partial charge in [0.1, 0.15) is 22.8 Å². The van der Waals surface area contributed by atoms with E-state index in [1.807, 2.05) is 0 Å². The SMILES string of the molecule is COc1ccc(NC(=O)COC(=O)c2c(OC)cccc2OC)cc1Cl. The lowest BCUT2D eigenvalue weighted by molar-refractivity contribution is -0.119. The van der Waals surface area contributed by atoms with Crippen molar-refractivity contribution in [3.8, 4) is 17.2 Å². The van der Waals surface area contributed by atoms with Gasteiger partial charge in [0.2, 0.25) is 0 Å². The van der Waals surface area contributed by atoms with Gasteiger partial charge >= 0.3 is 5.97 Å². The summed E-state index contributed by atoms with van der Waals surface area (Å²) in [6.07, 6.45) is 0. The van der Waals surface area contributed by atoms with E-state index in [4.69, 9.17) is 30.5 Å². The fourth-order valence-electron chi connectivity index (χ4n) is 2.20. The van der Waals surface area contributed by atoms with E-state index < -0.39 is 18.5 Å². The summed E-state index contributed by atoms with van der Waals surface area (Å²) in [7, 11) is 4.34. The van der Waals surface area contributed by atoms with Crippen LogP contribution in [0.5, 0.6) is 17.2 Å². The molecule has 26 heavy (non-hydrogen) atoms. The highest BCUT2D eigenvalue weighted by molar-refractivity contribution is 6.32. The Morgan fingerprint density at radius 1 is 0.962 bits per heavy atom. The second-order valence-electron chi connectivity index (χ2n) is 5.01. The number of ether oxygens (including phenoxy) is 4. The van der Waals surface area contributed by atoms with Gasteiger partial charge in [0.15, 0.2) is 6.61 Å². The Morgan fingerprint density at radius 3 is 2.12 bits per heavy atom. The summed E-state index contributed by atoms with van der Waals surface area (Å²) in [5.41, 5.74) is 0.560. The third-order valence-electron chi connectivity index (χ3n) is 3.40. The summed E-state index contributed by atoms with van der Waals surface area (Å²) in [6, 6.07) is 9.63. The maximum Gasteiger partial charge on any atom is 0.346 e. The van der Waals surface area contributed by atoms with Gasteiger partial charge in [0.25, 0.3) is 5.91 Å². The van der Waals surface area contributed by atoms with Crippen molar-refractivity contribution in [2.45, 2.75) is 0 Å². The van der Waals surface area contributed by atoms with Crippen LogP contribution in [0.2, 0.25) is 5.02 Å². The maximum absolute atomic E-state index is 12.3. The first-order chi connectivity index (χ1) is 12.5. The fourth-order valence-corrected chi connectivity index (χ4v) is 2.45. The molecule has 0 fully saturated rings. The van der Waals surface area contributed by atoms with Gasteiger partial charge in [0.05, 0.1) is 26.4 Å². The number of carbonyl (C=O) groups is 2. The van der Waals surface area contributed by atoms with E-state index in [2.05, 4.69) is 5.32 Å². The molecule has 8 heteroatoms. The number of methoxy groups -OCH3 is 3. The van der Waals surface area contributed by atoms with Crippen LogP contribution < -0.4 is 19.5 Å². The molecule has 0 saturated carbocycles. The number of anilines is 1. The number of amides is 1. The minimum atomic E-state index is -0.734. The van der Waals surface area contributed by atoms with Crippen molar-refractivity contribution in [1.29, 1.82) is 0 Å². The van der Waals surface area contributed by atoms with Gasteiger partial charge in [-0.3, -0.25) is 4.79 Å². The summed E-state index contributed by atoms with van der Waals surface area (Å²) < 4.78 is 20.4. The third-order valence-corrected chi connectivity index (χ3v) is 3.70. The maximum atomic E-state index is 12.3. The Kier molecular flexibility index (Phi) is 6.68. The standard InChI is InChI=1S/C18H18ClNO6/c1-23-13-8-7-11(9-12(13)19)20-16(21)10-26-18(22)17-14(24-2)5-4-6-15(17)25-3/h4-9H,10H2,1-3H3,(H,20,21). The molecular formula is C18H18ClNO6. The molecule has 1 amide bonds. The molecular weight excluding hydrogens is 362 g/mol. The molecule has 7 nitrogen and oxygen atoms in total. The van der Waals surface area contributed by atoms with Gasteiger partial charge < -0.3 is 24.3 Å².